The van der Waals surface area contributed by atoms with E-state index in [0.717, 1.165) is 39.1 Å². The minimum atomic E-state index is -0.815. The summed E-state index contributed by atoms with van der Waals surface area (Å²) in [7, 11) is 1.70. The van der Waals surface area contributed by atoms with Crippen LogP contribution in [-0.2, 0) is 46.3 Å². The molecule has 7 atom stereocenters. The molecular weight excluding hydrogens is 725 g/mol. The van der Waals surface area contributed by atoms with Gasteiger partial charge < -0.3 is 33.7 Å². The van der Waals surface area contributed by atoms with E-state index in [2.05, 4.69) is 72.2 Å². The van der Waals surface area contributed by atoms with E-state index in [-0.39, 0.29) is 54.5 Å². The van der Waals surface area contributed by atoms with Gasteiger partial charge in [-0.25, -0.2) is 5.43 Å². The molecule has 5 heterocycles. The van der Waals surface area contributed by atoms with Crippen LogP contribution in [0.4, 0.5) is 5.69 Å². The average molecular weight is 787 g/mol. The number of ether oxygens (including phenoxy) is 4. The molecule has 3 aromatic rings. The molecule has 3 aliphatic heterocycles. The fourth-order valence-electron chi connectivity index (χ4n) is 8.95. The first-order valence-electron chi connectivity index (χ1n) is 20.9. The quantitative estimate of drug-likeness (QED) is 0.270. The number of methoxy groups -OCH3 is 1. The molecular formula is C44H62N6O7. The van der Waals surface area contributed by atoms with Crippen molar-refractivity contribution in [2.75, 3.05) is 51.5 Å². The largest absolute Gasteiger partial charge is 0.464 e. The Hall–Kier alpha value is -4.04. The zero-order chi connectivity index (χ0) is 40.6. The van der Waals surface area contributed by atoms with E-state index in [0.29, 0.717) is 65.1 Å². The predicted octanol–water partition coefficient (Wildman–Crippen LogP) is 5.44. The maximum absolute atomic E-state index is 14.3. The third-order valence-electron chi connectivity index (χ3n) is 12.5. The molecule has 2 N–H and O–H groups in total. The van der Waals surface area contributed by atoms with E-state index in [1.54, 1.807) is 7.11 Å². The summed E-state index contributed by atoms with van der Waals surface area (Å²) in [6.07, 6.45) is 3.41. The van der Waals surface area contributed by atoms with Gasteiger partial charge in [0.2, 0.25) is 5.91 Å². The Bertz CT molecular complexity index is 1940. The maximum atomic E-state index is 14.3. The highest BCUT2D eigenvalue weighted by atomic mass is 16.5. The first-order valence-corrected chi connectivity index (χ1v) is 20.9. The number of anilines is 1. The fraction of sp³-hybridized carbons (Fsp3) is 0.636. The lowest BCUT2D eigenvalue weighted by Crippen LogP contribution is -2.61. The fourth-order valence-corrected chi connectivity index (χ4v) is 8.95. The predicted molar refractivity (Wildman–Crippen MR) is 218 cm³/mol. The summed E-state index contributed by atoms with van der Waals surface area (Å²) < 4.78 is 26.8. The molecule has 0 radical (unpaired) electrons. The molecule has 0 spiro atoms. The number of morpholine rings is 1. The number of benzene rings is 1. The van der Waals surface area contributed by atoms with Gasteiger partial charge in [0.25, 0.3) is 5.91 Å². The maximum Gasteiger partial charge on any atom is 0.324 e. The number of aromatic nitrogens is 2. The molecule has 13 nitrogen and oxygen atoms in total. The van der Waals surface area contributed by atoms with Gasteiger partial charge in [-0.3, -0.25) is 24.4 Å². The molecule has 2 saturated heterocycles. The highest BCUT2D eigenvalue weighted by Crippen LogP contribution is 2.46. The Labute approximate surface area is 337 Å². The summed E-state index contributed by atoms with van der Waals surface area (Å²) >= 11 is 0. The molecule has 6 bridgehead atoms. The lowest BCUT2D eigenvalue weighted by molar-refractivity contribution is -0.155. The summed E-state index contributed by atoms with van der Waals surface area (Å²) in [5, 5.41) is 5.73. The van der Waals surface area contributed by atoms with Crippen LogP contribution < -0.4 is 15.6 Å². The van der Waals surface area contributed by atoms with E-state index >= 15 is 0 Å². The van der Waals surface area contributed by atoms with Gasteiger partial charge in [-0.05, 0) is 87.8 Å². The van der Waals surface area contributed by atoms with Gasteiger partial charge in [-0.2, -0.15) is 0 Å². The first-order chi connectivity index (χ1) is 27.3. The zero-order valence-electron chi connectivity index (χ0n) is 35.0. The van der Waals surface area contributed by atoms with Crippen LogP contribution in [0, 0.1) is 23.2 Å². The van der Waals surface area contributed by atoms with Crippen molar-refractivity contribution in [2.24, 2.45) is 23.2 Å². The van der Waals surface area contributed by atoms with Crippen LogP contribution in [0.3, 0.4) is 0 Å². The van der Waals surface area contributed by atoms with Gasteiger partial charge in [0.05, 0.1) is 49.5 Å². The number of nitrogens with zero attached hydrogens (tertiary/aromatic N) is 4. The second-order valence-electron chi connectivity index (χ2n) is 17.7. The van der Waals surface area contributed by atoms with E-state index < -0.39 is 23.5 Å². The van der Waals surface area contributed by atoms with Crippen molar-refractivity contribution in [2.45, 2.75) is 111 Å². The number of fused-ring (bicyclic) bond motifs is 6. The number of rotatable bonds is 9. The third-order valence-corrected chi connectivity index (χ3v) is 12.5. The summed E-state index contributed by atoms with van der Waals surface area (Å²) in [5.41, 5.74) is 8.86. The topological polar surface area (TPSA) is 136 Å². The molecule has 310 valence electrons. The van der Waals surface area contributed by atoms with Crippen molar-refractivity contribution in [1.82, 2.24) is 25.3 Å². The second kappa shape index (κ2) is 17.1. The minimum absolute atomic E-state index is 0.0810. The summed E-state index contributed by atoms with van der Waals surface area (Å²) in [6.45, 7) is 18.0. The SMILES string of the molecule is CO[C@@H](C)c1ncccc1-c1c2c3cc(ccc3n1CCOC(C)C)N1CCO[C@@H](C[C@H](NC(=O)C3[C@@H](C)[C@H]3C)C(=O)N3CCC[C@H](N3)C(=O)OCC(C)(C)C2)C1. The normalized spacial score (nSPS) is 27.2. The molecule has 2 aromatic heterocycles. The second-order valence-corrected chi connectivity index (χ2v) is 17.7. The molecule has 1 aliphatic carbocycles. The number of amides is 2. The summed E-state index contributed by atoms with van der Waals surface area (Å²) in [4.78, 5) is 48.7. The lowest BCUT2D eigenvalue weighted by atomic mass is 9.84. The Morgan fingerprint density at radius 3 is 2.65 bits per heavy atom. The molecule has 7 rings (SSSR count). The highest BCUT2D eigenvalue weighted by molar-refractivity contribution is 5.95. The van der Waals surface area contributed by atoms with Crippen LogP contribution in [0.15, 0.2) is 36.5 Å². The minimum Gasteiger partial charge on any atom is -0.464 e. The number of carbonyl (C=O) groups is 3. The number of nitrogens with one attached hydrogen (secondary N) is 2. The number of hydrazine groups is 1. The van der Waals surface area contributed by atoms with Gasteiger partial charge in [0.15, 0.2) is 0 Å². The third kappa shape index (κ3) is 8.86. The number of hydrogen-bond acceptors (Lipinski definition) is 10. The Morgan fingerprint density at radius 1 is 1.12 bits per heavy atom. The Balaban J connectivity index is 1.33. The van der Waals surface area contributed by atoms with Crippen LogP contribution in [0.5, 0.6) is 0 Å². The smallest absolute Gasteiger partial charge is 0.324 e. The van der Waals surface area contributed by atoms with Crippen molar-refractivity contribution in [1.29, 1.82) is 0 Å². The van der Waals surface area contributed by atoms with Crippen LogP contribution >= 0.6 is 0 Å². The van der Waals surface area contributed by atoms with E-state index in [1.165, 1.54) is 5.01 Å². The molecule has 1 aromatic carbocycles. The molecule has 4 aliphatic rings. The van der Waals surface area contributed by atoms with Gasteiger partial charge >= 0.3 is 5.97 Å². The number of hydrogen-bond donors (Lipinski definition) is 2. The van der Waals surface area contributed by atoms with Gasteiger partial charge in [0, 0.05) is 79.4 Å². The highest BCUT2D eigenvalue weighted by Gasteiger charge is 2.49. The zero-order valence-corrected chi connectivity index (χ0v) is 35.0. The molecule has 57 heavy (non-hydrogen) atoms. The van der Waals surface area contributed by atoms with Crippen molar-refractivity contribution >= 4 is 34.4 Å². The number of esters is 1. The lowest BCUT2D eigenvalue weighted by Gasteiger charge is -2.38. The van der Waals surface area contributed by atoms with Crippen molar-refractivity contribution < 1.29 is 33.3 Å². The monoisotopic (exact) mass is 786 g/mol. The molecule has 13 heteroatoms. The van der Waals surface area contributed by atoms with Gasteiger partial charge in [-0.1, -0.05) is 27.7 Å². The van der Waals surface area contributed by atoms with Crippen molar-refractivity contribution in [3.8, 4) is 11.3 Å². The average Bonchev–Trinajstić information content (AvgIpc) is 3.70. The van der Waals surface area contributed by atoms with E-state index in [9.17, 15) is 14.4 Å². The van der Waals surface area contributed by atoms with Crippen molar-refractivity contribution in [3.05, 3.63) is 47.8 Å². The van der Waals surface area contributed by atoms with E-state index in [1.807, 2.05) is 33.0 Å². The first kappa shape index (κ1) is 41.1. The van der Waals surface area contributed by atoms with Crippen LogP contribution in [0.1, 0.15) is 85.1 Å². The number of pyridine rings is 1. The van der Waals surface area contributed by atoms with Gasteiger partial charge in [0.1, 0.15) is 12.1 Å². The van der Waals surface area contributed by atoms with Crippen LogP contribution in [-0.4, -0.2) is 103 Å². The van der Waals surface area contributed by atoms with Crippen LogP contribution in [0.2, 0.25) is 0 Å². The summed E-state index contributed by atoms with van der Waals surface area (Å²) in [5.74, 6) is -0.347. The van der Waals surface area contributed by atoms with Gasteiger partial charge in [-0.15, -0.1) is 0 Å². The molecule has 3 fully saturated rings. The van der Waals surface area contributed by atoms with E-state index in [4.69, 9.17) is 23.9 Å². The van der Waals surface area contributed by atoms with Crippen LogP contribution in [0.25, 0.3) is 22.2 Å². The number of carbonyl (C=O) groups excluding carboxylic acids is 3. The summed E-state index contributed by atoms with van der Waals surface area (Å²) in [6, 6.07) is 9.23. The molecule has 1 unspecified atom stereocenters. The Morgan fingerprint density at radius 2 is 1.91 bits per heavy atom. The van der Waals surface area contributed by atoms with Crippen molar-refractivity contribution in [3.63, 3.8) is 0 Å². The molecule has 2 amide bonds. The Kier molecular flexibility index (Phi) is 12.3. The number of cyclic esters (lactones) is 1. The standard InChI is InChI=1S/C44H62N6O7/c1-26(2)55-20-18-49-37-14-13-30-21-33(37)34(40(49)32-11-9-15-45-39(32)29(5)54-8)23-44(6,7)25-57-43(53)35-12-10-16-50(47-35)42(52)36(22-31-24-48(30)17-19-56-31)46-41(51)38-27(3)28(38)4/h9,11,13-15,21,26-29,31,35-36,38,47H,10,12,16-20,22-25H2,1-8H3,(H,46,51)/t27-,28+,29-,31-,35-,36-,38?/m0/s1. The molecule has 1 saturated carbocycles.